The van der Waals surface area contributed by atoms with Crippen molar-refractivity contribution in [2.24, 2.45) is 17.8 Å². The first-order valence-electron chi connectivity index (χ1n) is 11.8. The maximum Gasteiger partial charge on any atom is 0.157 e. The third-order valence-corrected chi connectivity index (χ3v) is 7.19. The van der Waals surface area contributed by atoms with Gasteiger partial charge in [0.05, 0.1) is 0 Å². The van der Waals surface area contributed by atoms with Crippen molar-refractivity contribution in [1.29, 1.82) is 0 Å². The molecule has 2 nitrogen and oxygen atoms in total. The fraction of sp³-hybridized carbons (Fsp3) is 0.556. The molecule has 0 aromatic carbocycles. The van der Waals surface area contributed by atoms with Gasteiger partial charge in [-0.1, -0.05) is 67.9 Å². The van der Waals surface area contributed by atoms with Crippen LogP contribution in [0.25, 0.3) is 0 Å². The van der Waals surface area contributed by atoms with E-state index in [-0.39, 0.29) is 6.29 Å². The van der Waals surface area contributed by atoms with Gasteiger partial charge in [0.2, 0.25) is 0 Å². The summed E-state index contributed by atoms with van der Waals surface area (Å²) in [6, 6.07) is 0. The normalized spacial score (nSPS) is 32.1. The summed E-state index contributed by atoms with van der Waals surface area (Å²) in [7, 11) is 0. The minimum atomic E-state index is 0.0683. The largest absolute Gasteiger partial charge is 0.353 e. The molecule has 5 rings (SSSR count). The van der Waals surface area contributed by atoms with E-state index in [9.17, 15) is 0 Å². The molecule has 4 unspecified atom stereocenters. The lowest BCUT2D eigenvalue weighted by Crippen LogP contribution is -2.29. The summed E-state index contributed by atoms with van der Waals surface area (Å²) in [6.45, 7) is 1.73. The van der Waals surface area contributed by atoms with Gasteiger partial charge in [0, 0.05) is 25.0 Å². The van der Waals surface area contributed by atoms with Gasteiger partial charge in [-0.3, -0.25) is 0 Å². The van der Waals surface area contributed by atoms with E-state index >= 15 is 0 Å². The van der Waals surface area contributed by atoms with Crippen molar-refractivity contribution in [2.45, 2.75) is 64.1 Å². The summed E-state index contributed by atoms with van der Waals surface area (Å²) in [5.41, 5.74) is 6.23. The standard InChI is InChI=1S/C27H34O2/c1(2-5-18-28-25-11-4-6-19-29-25)3-8-20-12-13-23-15-14-21-9-7-10-22-16-17-24(20)27(23)26(21)22/h7,9-10,12-15,17,20,22,25-26H,1-6,8,11,16,18-19H2. The van der Waals surface area contributed by atoms with Crippen LogP contribution in [0.5, 0.6) is 0 Å². The molecule has 0 amide bonds. The summed E-state index contributed by atoms with van der Waals surface area (Å²) in [6.07, 6.45) is 30.2. The van der Waals surface area contributed by atoms with Crippen molar-refractivity contribution in [3.05, 3.63) is 70.9 Å². The first-order valence-corrected chi connectivity index (χ1v) is 11.8. The first kappa shape index (κ1) is 19.3. The molecule has 4 aliphatic carbocycles. The topological polar surface area (TPSA) is 18.5 Å². The lowest BCUT2D eigenvalue weighted by molar-refractivity contribution is -0.162. The Kier molecular flexibility index (Phi) is 6.01. The van der Waals surface area contributed by atoms with E-state index in [2.05, 4.69) is 48.6 Å². The van der Waals surface area contributed by atoms with Crippen LogP contribution in [0.4, 0.5) is 0 Å². The monoisotopic (exact) mass is 390 g/mol. The van der Waals surface area contributed by atoms with Gasteiger partial charge in [0.1, 0.15) is 0 Å². The summed E-state index contributed by atoms with van der Waals surface area (Å²) < 4.78 is 11.5. The Labute approximate surface area is 175 Å². The van der Waals surface area contributed by atoms with E-state index < -0.39 is 0 Å². The molecule has 0 saturated carbocycles. The number of hydrogen-bond donors (Lipinski definition) is 0. The Balaban J connectivity index is 1.09. The number of unbranched alkanes of at least 4 members (excludes halogenated alkanes) is 3. The molecule has 0 spiro atoms. The second-order valence-electron chi connectivity index (χ2n) is 9.13. The van der Waals surface area contributed by atoms with Gasteiger partial charge >= 0.3 is 0 Å². The van der Waals surface area contributed by atoms with Crippen LogP contribution in [-0.4, -0.2) is 19.5 Å². The number of ether oxygens (including phenoxy) is 2. The lowest BCUT2D eigenvalue weighted by atomic mass is 9.63. The van der Waals surface area contributed by atoms with Crippen LogP contribution in [0, 0.1) is 17.8 Å². The van der Waals surface area contributed by atoms with E-state index in [1.165, 1.54) is 56.1 Å². The molecular formula is C27H34O2. The summed E-state index contributed by atoms with van der Waals surface area (Å²) in [5, 5.41) is 0. The molecule has 5 aliphatic rings. The van der Waals surface area contributed by atoms with Crippen molar-refractivity contribution in [2.75, 3.05) is 13.2 Å². The van der Waals surface area contributed by atoms with Crippen LogP contribution < -0.4 is 0 Å². The van der Waals surface area contributed by atoms with E-state index in [0.29, 0.717) is 17.8 Å². The maximum atomic E-state index is 5.86. The summed E-state index contributed by atoms with van der Waals surface area (Å²) in [4.78, 5) is 0. The predicted octanol–water partition coefficient (Wildman–Crippen LogP) is 6.59. The van der Waals surface area contributed by atoms with Crippen LogP contribution in [0.2, 0.25) is 0 Å². The van der Waals surface area contributed by atoms with E-state index in [4.69, 9.17) is 9.47 Å². The van der Waals surface area contributed by atoms with Gasteiger partial charge in [-0.15, -0.1) is 0 Å². The van der Waals surface area contributed by atoms with Crippen LogP contribution in [0.1, 0.15) is 57.8 Å². The Hall–Kier alpha value is -1.64. The number of rotatable bonds is 8. The van der Waals surface area contributed by atoms with Gasteiger partial charge in [0.15, 0.2) is 6.29 Å². The molecule has 29 heavy (non-hydrogen) atoms. The average Bonchev–Trinajstić information content (AvgIpc) is 2.78. The van der Waals surface area contributed by atoms with E-state index in [1.54, 1.807) is 11.1 Å². The third-order valence-electron chi connectivity index (χ3n) is 7.19. The zero-order valence-electron chi connectivity index (χ0n) is 17.5. The molecule has 0 aromatic heterocycles. The van der Waals surface area contributed by atoms with Crippen molar-refractivity contribution in [1.82, 2.24) is 0 Å². The predicted molar refractivity (Wildman–Crippen MR) is 118 cm³/mol. The number of allylic oxidation sites excluding steroid dienone is 12. The zero-order valence-corrected chi connectivity index (χ0v) is 17.5. The van der Waals surface area contributed by atoms with Crippen LogP contribution >= 0.6 is 0 Å². The Morgan fingerprint density at radius 1 is 1.00 bits per heavy atom. The van der Waals surface area contributed by atoms with Crippen LogP contribution in [0.3, 0.4) is 0 Å². The fourth-order valence-corrected chi connectivity index (χ4v) is 5.65. The minimum Gasteiger partial charge on any atom is -0.353 e. The Morgan fingerprint density at radius 3 is 2.90 bits per heavy atom. The highest BCUT2D eigenvalue weighted by Crippen LogP contribution is 2.50. The van der Waals surface area contributed by atoms with Gasteiger partial charge < -0.3 is 9.47 Å². The molecule has 2 heteroatoms. The van der Waals surface area contributed by atoms with E-state index in [0.717, 1.165) is 26.1 Å². The molecule has 4 atom stereocenters. The van der Waals surface area contributed by atoms with Crippen molar-refractivity contribution >= 4 is 0 Å². The van der Waals surface area contributed by atoms with Gasteiger partial charge in [-0.25, -0.2) is 0 Å². The highest BCUT2D eigenvalue weighted by Gasteiger charge is 2.37. The highest BCUT2D eigenvalue weighted by molar-refractivity contribution is 5.62. The highest BCUT2D eigenvalue weighted by atomic mass is 16.7. The summed E-state index contributed by atoms with van der Waals surface area (Å²) in [5.74, 6) is 1.88. The van der Waals surface area contributed by atoms with Gasteiger partial charge in [-0.2, -0.15) is 0 Å². The molecule has 0 bridgehead atoms. The zero-order chi connectivity index (χ0) is 19.5. The fourth-order valence-electron chi connectivity index (χ4n) is 5.65. The lowest BCUT2D eigenvalue weighted by Gasteiger charge is -2.41. The van der Waals surface area contributed by atoms with Crippen molar-refractivity contribution < 1.29 is 9.47 Å². The quantitative estimate of drug-likeness (QED) is 0.435. The second-order valence-corrected chi connectivity index (χ2v) is 9.13. The maximum absolute atomic E-state index is 5.86. The first-order chi connectivity index (χ1) is 14.4. The molecule has 1 heterocycles. The molecule has 154 valence electrons. The molecular weight excluding hydrogens is 356 g/mol. The molecule has 0 aromatic rings. The SMILES string of the molecule is C1=CC2CC=C3C4=C(C=CC(=C1)C42)C=CC3CCCCCCOC1CCCCO1. The molecule has 1 aliphatic heterocycles. The molecule has 1 fully saturated rings. The smallest absolute Gasteiger partial charge is 0.157 e. The Morgan fingerprint density at radius 2 is 1.97 bits per heavy atom. The van der Waals surface area contributed by atoms with E-state index in [1.807, 2.05) is 0 Å². The van der Waals surface area contributed by atoms with Gasteiger partial charge in [-0.05, 0) is 66.7 Å². The van der Waals surface area contributed by atoms with Crippen LogP contribution in [0.15, 0.2) is 70.9 Å². The van der Waals surface area contributed by atoms with Crippen molar-refractivity contribution in [3.8, 4) is 0 Å². The number of hydrogen-bond acceptors (Lipinski definition) is 2. The molecule has 0 N–H and O–H groups in total. The Bertz CT molecular complexity index is 785. The third kappa shape index (κ3) is 4.15. The van der Waals surface area contributed by atoms with Gasteiger partial charge in [0.25, 0.3) is 0 Å². The molecule has 1 saturated heterocycles. The van der Waals surface area contributed by atoms with Crippen molar-refractivity contribution in [3.63, 3.8) is 0 Å². The minimum absolute atomic E-state index is 0.0683. The van der Waals surface area contributed by atoms with Crippen LogP contribution in [-0.2, 0) is 9.47 Å². The molecule has 0 radical (unpaired) electrons. The summed E-state index contributed by atoms with van der Waals surface area (Å²) >= 11 is 0. The second kappa shape index (κ2) is 9.02. The average molecular weight is 391 g/mol.